The lowest BCUT2D eigenvalue weighted by molar-refractivity contribution is -0.909. The highest BCUT2D eigenvalue weighted by Crippen LogP contribution is 2.33. The predicted molar refractivity (Wildman–Crippen MR) is 106 cm³/mol. The molecule has 0 aliphatic heterocycles. The molecule has 29 heavy (non-hydrogen) atoms. The molecule has 1 fully saturated rings. The Morgan fingerprint density at radius 2 is 2.03 bits per heavy atom. The molecule has 3 N–H and O–H groups in total. The molecule has 0 atom stereocenters. The van der Waals surface area contributed by atoms with Gasteiger partial charge in [0.25, 0.3) is 0 Å². The molecule has 0 spiro atoms. The van der Waals surface area contributed by atoms with E-state index in [0.29, 0.717) is 17.1 Å². The molecule has 0 radical (unpaired) electrons. The summed E-state index contributed by atoms with van der Waals surface area (Å²) in [6.45, 7) is 1.71. The summed E-state index contributed by atoms with van der Waals surface area (Å²) in [5, 5.41) is 28.2. The first-order valence-electron chi connectivity index (χ1n) is 9.73. The number of benzene rings is 1. The number of aliphatic hydroxyl groups excluding tert-OH is 1. The molecule has 2 heterocycles. The summed E-state index contributed by atoms with van der Waals surface area (Å²) in [5.74, 6) is 0.0508. The van der Waals surface area contributed by atoms with Gasteiger partial charge in [-0.2, -0.15) is 5.10 Å². The monoisotopic (exact) mass is 397 g/mol. The molecular weight excluding hydrogens is 372 g/mol. The SMILES string of the molecule is COc1cc2nn(C3CCC(O)CC3)cc2cc1NC(=O)c1cccc(C)[n+]1O. The van der Waals surface area contributed by atoms with Gasteiger partial charge in [0.05, 0.1) is 30.5 Å². The molecule has 0 saturated heterocycles. The van der Waals surface area contributed by atoms with E-state index < -0.39 is 5.91 Å². The van der Waals surface area contributed by atoms with Crippen molar-refractivity contribution in [2.24, 2.45) is 0 Å². The van der Waals surface area contributed by atoms with Gasteiger partial charge >= 0.3 is 11.6 Å². The standard InChI is InChI=1S/C21H24N4O4/c1-13-4-3-5-19(25(13)28)21(27)22-18-10-14-12-24(15-6-8-16(26)9-7-15)23-17(14)11-20(18)29-2/h3-5,10-12,15-16,26H,6-9H2,1-2H3,(H-,22,27,28)/p+1. The Labute approximate surface area is 168 Å². The van der Waals surface area contributed by atoms with Gasteiger partial charge in [-0.3, -0.25) is 14.7 Å². The van der Waals surface area contributed by atoms with Crippen LogP contribution in [-0.2, 0) is 0 Å². The average Bonchev–Trinajstić information content (AvgIpc) is 3.12. The Kier molecular flexibility index (Phi) is 5.10. The molecule has 0 bridgehead atoms. The van der Waals surface area contributed by atoms with Crippen LogP contribution in [0.4, 0.5) is 5.69 Å². The van der Waals surface area contributed by atoms with Gasteiger partial charge in [0.1, 0.15) is 5.75 Å². The van der Waals surface area contributed by atoms with Crippen LogP contribution in [0.25, 0.3) is 10.9 Å². The predicted octanol–water partition coefficient (Wildman–Crippen LogP) is 2.61. The first-order chi connectivity index (χ1) is 14.0. The van der Waals surface area contributed by atoms with Gasteiger partial charge in [-0.15, -0.1) is 0 Å². The number of ether oxygens (including phenoxy) is 1. The maximum atomic E-state index is 12.7. The van der Waals surface area contributed by atoms with E-state index in [-0.39, 0.29) is 17.8 Å². The van der Waals surface area contributed by atoms with Crippen LogP contribution in [0.5, 0.6) is 5.75 Å². The quantitative estimate of drug-likeness (QED) is 0.464. The number of rotatable bonds is 4. The molecule has 1 aliphatic rings. The number of aryl methyl sites for hydroxylation is 1. The zero-order chi connectivity index (χ0) is 20.5. The van der Waals surface area contributed by atoms with E-state index in [1.54, 1.807) is 31.2 Å². The fraction of sp³-hybridized carbons (Fsp3) is 0.381. The lowest BCUT2D eigenvalue weighted by atomic mass is 9.93. The number of nitrogens with one attached hydrogen (secondary N) is 1. The van der Waals surface area contributed by atoms with Crippen LogP contribution in [0.15, 0.2) is 36.5 Å². The highest BCUT2D eigenvalue weighted by Gasteiger charge is 2.24. The van der Waals surface area contributed by atoms with Crippen LogP contribution in [0.2, 0.25) is 0 Å². The zero-order valence-corrected chi connectivity index (χ0v) is 16.5. The largest absolute Gasteiger partial charge is 0.494 e. The number of aliphatic hydroxyl groups is 1. The van der Waals surface area contributed by atoms with Crippen LogP contribution < -0.4 is 14.8 Å². The van der Waals surface area contributed by atoms with Crippen LogP contribution in [0.1, 0.15) is 47.9 Å². The van der Waals surface area contributed by atoms with Gasteiger partial charge in [-0.25, -0.2) is 0 Å². The number of hydrogen-bond donors (Lipinski definition) is 3. The zero-order valence-electron chi connectivity index (χ0n) is 16.5. The highest BCUT2D eigenvalue weighted by molar-refractivity contribution is 6.04. The summed E-state index contributed by atoms with van der Waals surface area (Å²) in [6, 6.07) is 8.84. The Hall–Kier alpha value is -3.13. The number of amides is 1. The number of methoxy groups -OCH3 is 1. The molecule has 1 saturated carbocycles. The molecule has 152 valence electrons. The van der Waals surface area contributed by atoms with Gasteiger partial charge in [-0.05, 0) is 37.8 Å². The maximum Gasteiger partial charge on any atom is 0.325 e. The van der Waals surface area contributed by atoms with Crippen LogP contribution >= 0.6 is 0 Å². The van der Waals surface area contributed by atoms with E-state index in [1.165, 1.54) is 7.11 Å². The summed E-state index contributed by atoms with van der Waals surface area (Å²) in [6.07, 6.45) is 5.09. The number of fused-ring (bicyclic) bond motifs is 1. The maximum absolute atomic E-state index is 12.7. The van der Waals surface area contributed by atoms with Crippen molar-refractivity contribution in [1.29, 1.82) is 0 Å². The Balaban J connectivity index is 1.63. The molecule has 8 nitrogen and oxygen atoms in total. The van der Waals surface area contributed by atoms with Crippen molar-refractivity contribution in [2.45, 2.75) is 44.8 Å². The fourth-order valence-electron chi connectivity index (χ4n) is 3.82. The average molecular weight is 397 g/mol. The fourth-order valence-corrected chi connectivity index (χ4v) is 3.82. The van der Waals surface area contributed by atoms with Crippen LogP contribution in [0, 0.1) is 6.92 Å². The molecule has 2 aromatic heterocycles. The smallest absolute Gasteiger partial charge is 0.325 e. The molecule has 1 aliphatic carbocycles. The van der Waals surface area contributed by atoms with Crippen molar-refractivity contribution in [3.63, 3.8) is 0 Å². The van der Waals surface area contributed by atoms with Crippen molar-refractivity contribution in [3.8, 4) is 5.75 Å². The van der Waals surface area contributed by atoms with Gasteiger partial charge in [-0.1, -0.05) is 0 Å². The second kappa shape index (κ2) is 7.71. The number of nitrogens with zero attached hydrogens (tertiary/aromatic N) is 3. The lowest BCUT2D eigenvalue weighted by Gasteiger charge is -2.25. The van der Waals surface area contributed by atoms with Gasteiger partial charge in [0.15, 0.2) is 0 Å². The van der Waals surface area contributed by atoms with E-state index in [4.69, 9.17) is 4.74 Å². The number of carbonyl (C=O) groups excluding carboxylic acids is 1. The normalized spacial score (nSPS) is 19.3. The van der Waals surface area contributed by atoms with E-state index in [9.17, 15) is 15.1 Å². The van der Waals surface area contributed by atoms with Crippen molar-refractivity contribution in [3.05, 3.63) is 47.9 Å². The number of hydrogen-bond acceptors (Lipinski definition) is 5. The highest BCUT2D eigenvalue weighted by atomic mass is 16.5. The number of aromatic nitrogens is 3. The molecule has 8 heteroatoms. The van der Waals surface area contributed by atoms with E-state index in [1.807, 2.05) is 16.9 Å². The number of anilines is 1. The molecule has 3 aromatic rings. The Morgan fingerprint density at radius 3 is 2.76 bits per heavy atom. The third-order valence-electron chi connectivity index (χ3n) is 5.52. The van der Waals surface area contributed by atoms with Crippen molar-refractivity contribution < 1.29 is 24.6 Å². The minimum Gasteiger partial charge on any atom is -0.494 e. The second-order valence-corrected chi connectivity index (χ2v) is 7.50. The Bertz CT molecular complexity index is 1050. The van der Waals surface area contributed by atoms with Gasteiger partial charge in [0, 0.05) is 41.4 Å². The minimum atomic E-state index is -0.442. The van der Waals surface area contributed by atoms with E-state index >= 15 is 0 Å². The Morgan fingerprint density at radius 1 is 1.28 bits per heavy atom. The van der Waals surface area contributed by atoms with Gasteiger partial charge < -0.3 is 15.2 Å². The molecule has 1 amide bonds. The molecule has 4 rings (SSSR count). The van der Waals surface area contributed by atoms with Crippen molar-refractivity contribution >= 4 is 22.5 Å². The van der Waals surface area contributed by atoms with E-state index in [0.717, 1.165) is 41.3 Å². The number of carbonyl (C=O) groups is 1. The summed E-state index contributed by atoms with van der Waals surface area (Å²) in [7, 11) is 1.54. The van der Waals surface area contributed by atoms with E-state index in [2.05, 4.69) is 10.4 Å². The second-order valence-electron chi connectivity index (χ2n) is 7.50. The summed E-state index contributed by atoms with van der Waals surface area (Å²) >= 11 is 0. The number of pyridine rings is 1. The van der Waals surface area contributed by atoms with Crippen molar-refractivity contribution in [2.75, 3.05) is 12.4 Å². The van der Waals surface area contributed by atoms with Crippen LogP contribution in [-0.4, -0.2) is 39.2 Å². The molecule has 0 unspecified atom stereocenters. The van der Waals surface area contributed by atoms with Gasteiger partial charge in [0.2, 0.25) is 5.69 Å². The lowest BCUT2D eigenvalue weighted by Crippen LogP contribution is -2.42. The third kappa shape index (κ3) is 3.75. The van der Waals surface area contributed by atoms with Crippen LogP contribution in [0.3, 0.4) is 0 Å². The summed E-state index contributed by atoms with van der Waals surface area (Å²) < 4.78 is 8.25. The first-order valence-corrected chi connectivity index (χ1v) is 9.73. The minimum absolute atomic E-state index is 0.128. The topological polar surface area (TPSA) is 100 Å². The molecular formula is C21H25N4O4+. The van der Waals surface area contributed by atoms with Crippen molar-refractivity contribution in [1.82, 2.24) is 9.78 Å². The summed E-state index contributed by atoms with van der Waals surface area (Å²) in [4.78, 5) is 12.7. The first kappa shape index (κ1) is 19.2. The summed E-state index contributed by atoms with van der Waals surface area (Å²) in [5.41, 5.74) is 1.96. The molecule has 1 aromatic carbocycles. The third-order valence-corrected chi connectivity index (χ3v) is 5.52.